The molecule has 0 fully saturated rings. The Balaban J connectivity index is 0.000000464. The first-order valence-electron chi connectivity index (χ1n) is 11.1. The fraction of sp³-hybridized carbons (Fsp3) is 0.143. The summed E-state index contributed by atoms with van der Waals surface area (Å²) in [4.78, 5) is 29.0. The fourth-order valence-electron chi connectivity index (χ4n) is 3.35. The van der Waals surface area contributed by atoms with E-state index in [1.165, 1.54) is 12.1 Å². The van der Waals surface area contributed by atoms with Gasteiger partial charge in [0.15, 0.2) is 5.82 Å². The average molecular weight is 542 g/mol. The molecule has 3 aromatic rings. The van der Waals surface area contributed by atoms with E-state index in [0.29, 0.717) is 10.6 Å². The van der Waals surface area contributed by atoms with Crippen molar-refractivity contribution in [2.75, 3.05) is 12.4 Å². The van der Waals surface area contributed by atoms with Gasteiger partial charge in [0.1, 0.15) is 25.2 Å². The summed E-state index contributed by atoms with van der Waals surface area (Å²) in [7, 11) is 1.59. The van der Waals surface area contributed by atoms with Crippen molar-refractivity contribution in [3.8, 4) is 0 Å². The Morgan fingerprint density at radius 1 is 1.13 bits per heavy atom. The molecule has 200 valence electrons. The molecular formula is C28H30ClF2N5O2. The van der Waals surface area contributed by atoms with Crippen molar-refractivity contribution in [1.29, 1.82) is 0 Å². The number of imidazole rings is 1. The van der Waals surface area contributed by atoms with E-state index in [4.69, 9.17) is 21.2 Å². The predicted molar refractivity (Wildman–Crippen MR) is 149 cm³/mol. The lowest BCUT2D eigenvalue weighted by Gasteiger charge is -2.24. The number of aryl methyl sites for hydroxylation is 2. The largest absolute Gasteiger partial charge is 0.386 e. The molecule has 0 radical (unpaired) electrons. The Labute approximate surface area is 226 Å². The van der Waals surface area contributed by atoms with Crippen LogP contribution >= 0.6 is 11.6 Å². The first-order valence-corrected chi connectivity index (χ1v) is 11.5. The number of aromatic nitrogens is 3. The summed E-state index contributed by atoms with van der Waals surface area (Å²) in [5.74, 6) is -0.526. The van der Waals surface area contributed by atoms with E-state index in [-0.39, 0.29) is 11.3 Å². The number of rotatable bonds is 4. The topological polar surface area (TPSA) is 91.0 Å². The van der Waals surface area contributed by atoms with Gasteiger partial charge in [-0.25, -0.2) is 13.8 Å². The van der Waals surface area contributed by atoms with E-state index in [9.17, 15) is 8.78 Å². The Morgan fingerprint density at radius 3 is 2.34 bits per heavy atom. The number of nitrogens with one attached hydrogen (secondary N) is 2. The molecule has 0 amide bonds. The van der Waals surface area contributed by atoms with Crippen molar-refractivity contribution in [3.63, 3.8) is 0 Å². The molecule has 0 aliphatic carbocycles. The maximum atomic E-state index is 14.6. The molecule has 0 saturated carbocycles. The maximum absolute atomic E-state index is 14.6. The SMILES string of the molecule is C=CN1C=C(c2c(F)ccc(NC)c2F)C=C/C1=C(/C)c1ncc[nH]1.C=O.C=O.Cc1cc(Cl)cnc1C. The van der Waals surface area contributed by atoms with Gasteiger partial charge in [0.25, 0.3) is 0 Å². The quantitative estimate of drug-likeness (QED) is 0.392. The predicted octanol–water partition coefficient (Wildman–Crippen LogP) is 6.50. The van der Waals surface area contributed by atoms with Crippen molar-refractivity contribution < 1.29 is 18.4 Å². The summed E-state index contributed by atoms with van der Waals surface area (Å²) in [6.07, 6.45) is 11.8. The zero-order valence-electron chi connectivity index (χ0n) is 21.7. The highest BCUT2D eigenvalue weighted by Crippen LogP contribution is 2.33. The van der Waals surface area contributed by atoms with Gasteiger partial charge in [0.2, 0.25) is 0 Å². The molecule has 1 aromatic carbocycles. The molecule has 7 nitrogen and oxygen atoms in total. The minimum Gasteiger partial charge on any atom is -0.386 e. The number of carbonyl (C=O) groups excluding carboxylic acids is 2. The van der Waals surface area contributed by atoms with Crippen LogP contribution in [0.5, 0.6) is 0 Å². The zero-order valence-corrected chi connectivity index (χ0v) is 22.4. The third kappa shape index (κ3) is 7.81. The van der Waals surface area contributed by atoms with Gasteiger partial charge in [-0.2, -0.15) is 0 Å². The van der Waals surface area contributed by atoms with Crippen molar-refractivity contribution in [3.05, 3.63) is 113 Å². The van der Waals surface area contributed by atoms with E-state index in [1.54, 1.807) is 55.1 Å². The number of benzene rings is 1. The maximum Gasteiger partial charge on any atom is 0.157 e. The second kappa shape index (κ2) is 15.7. The third-order valence-corrected chi connectivity index (χ3v) is 5.57. The van der Waals surface area contributed by atoms with Gasteiger partial charge < -0.3 is 24.8 Å². The number of aromatic amines is 1. The Morgan fingerprint density at radius 2 is 1.82 bits per heavy atom. The van der Waals surface area contributed by atoms with Gasteiger partial charge in [0, 0.05) is 54.9 Å². The molecule has 0 atom stereocenters. The number of hydrogen-bond acceptors (Lipinski definition) is 6. The van der Waals surface area contributed by atoms with Gasteiger partial charge >= 0.3 is 0 Å². The normalized spacial score (nSPS) is 12.9. The van der Waals surface area contributed by atoms with Gasteiger partial charge in [0.05, 0.1) is 22.0 Å². The summed E-state index contributed by atoms with van der Waals surface area (Å²) in [5, 5.41) is 3.43. The van der Waals surface area contributed by atoms with E-state index < -0.39 is 11.6 Å². The number of pyridine rings is 1. The average Bonchev–Trinajstić information content (AvgIpc) is 3.48. The number of anilines is 1. The Bertz CT molecular complexity index is 1320. The second-order valence-corrected chi connectivity index (χ2v) is 7.98. The van der Waals surface area contributed by atoms with Crippen LogP contribution in [0.1, 0.15) is 29.6 Å². The summed E-state index contributed by atoms with van der Waals surface area (Å²) >= 11 is 5.65. The van der Waals surface area contributed by atoms with E-state index >= 15 is 0 Å². The summed E-state index contributed by atoms with van der Waals surface area (Å²) in [5.41, 5.74) is 4.47. The molecule has 4 rings (SSSR count). The minimum absolute atomic E-state index is 0.0790. The van der Waals surface area contributed by atoms with E-state index in [2.05, 4.69) is 26.8 Å². The number of nitrogens with zero attached hydrogens (tertiary/aromatic N) is 3. The molecule has 0 saturated heterocycles. The number of hydrogen-bond donors (Lipinski definition) is 2. The van der Waals surface area contributed by atoms with Crippen LogP contribution in [0, 0.1) is 25.5 Å². The lowest BCUT2D eigenvalue weighted by atomic mass is 10.00. The Kier molecular flexibility index (Phi) is 13.1. The fourth-order valence-corrected chi connectivity index (χ4v) is 3.56. The van der Waals surface area contributed by atoms with Crippen molar-refractivity contribution in [2.24, 2.45) is 0 Å². The van der Waals surface area contributed by atoms with Crippen LogP contribution in [0.3, 0.4) is 0 Å². The monoisotopic (exact) mass is 541 g/mol. The molecule has 1 aliphatic heterocycles. The molecule has 38 heavy (non-hydrogen) atoms. The van der Waals surface area contributed by atoms with Crippen LogP contribution in [0.2, 0.25) is 5.02 Å². The first kappa shape index (κ1) is 31.7. The van der Waals surface area contributed by atoms with Crippen LogP contribution in [-0.4, -0.2) is 40.5 Å². The minimum atomic E-state index is -0.627. The molecule has 1 aliphatic rings. The van der Waals surface area contributed by atoms with E-state index in [0.717, 1.165) is 28.4 Å². The molecule has 0 unspecified atom stereocenters. The van der Waals surface area contributed by atoms with Crippen molar-refractivity contribution in [2.45, 2.75) is 20.8 Å². The van der Waals surface area contributed by atoms with Gasteiger partial charge in [-0.1, -0.05) is 24.3 Å². The van der Waals surface area contributed by atoms with Crippen molar-refractivity contribution >= 4 is 42.0 Å². The van der Waals surface area contributed by atoms with Crippen LogP contribution in [0.4, 0.5) is 14.5 Å². The first-order chi connectivity index (χ1) is 18.3. The van der Waals surface area contributed by atoms with Crippen LogP contribution in [0.15, 0.2) is 73.6 Å². The standard InChI is InChI=1S/C19H18F2N4.C7H8ClN.2CH2O/c1-4-25-11-13(17-14(20)6-7-15(22-3)18(17)21)5-8-16(25)12(2)19-23-9-10-24-19;1-5-3-7(8)4-9-6(5)2;2*1-2/h4-11,22H,1H2,2-3H3,(H,23,24);3-4H,1-2H3;2*1H2/b16-12+;;;. The summed E-state index contributed by atoms with van der Waals surface area (Å²) < 4.78 is 28.8. The van der Waals surface area contributed by atoms with Crippen LogP contribution in [-0.2, 0) is 9.59 Å². The second-order valence-electron chi connectivity index (χ2n) is 7.55. The smallest absolute Gasteiger partial charge is 0.157 e. The van der Waals surface area contributed by atoms with Crippen LogP contribution in [0.25, 0.3) is 11.1 Å². The molecule has 0 spiro atoms. The van der Waals surface area contributed by atoms with Gasteiger partial charge in [-0.05, 0) is 50.6 Å². The molecule has 2 aromatic heterocycles. The molecule has 2 N–H and O–H groups in total. The van der Waals surface area contributed by atoms with Gasteiger partial charge in [-0.3, -0.25) is 4.98 Å². The molecule has 3 heterocycles. The number of carbonyl (C=O) groups is 2. The lowest BCUT2D eigenvalue weighted by molar-refractivity contribution is -0.0987. The lowest BCUT2D eigenvalue weighted by Crippen LogP contribution is -2.14. The summed E-state index contributed by atoms with van der Waals surface area (Å²) in [6.45, 7) is 13.7. The van der Waals surface area contributed by atoms with Crippen LogP contribution < -0.4 is 5.32 Å². The third-order valence-electron chi connectivity index (χ3n) is 5.37. The van der Waals surface area contributed by atoms with Crippen molar-refractivity contribution in [1.82, 2.24) is 19.9 Å². The zero-order chi connectivity index (χ0) is 28.8. The number of H-pyrrole nitrogens is 1. The highest BCUT2D eigenvalue weighted by atomic mass is 35.5. The summed E-state index contributed by atoms with van der Waals surface area (Å²) in [6, 6.07) is 4.53. The number of halogens is 3. The Hall–Kier alpha value is -4.37. The highest BCUT2D eigenvalue weighted by Gasteiger charge is 2.20. The molecule has 10 heteroatoms. The van der Waals surface area contributed by atoms with E-state index in [1.807, 2.05) is 40.4 Å². The van der Waals surface area contributed by atoms with Gasteiger partial charge in [-0.15, -0.1) is 0 Å². The number of allylic oxidation sites excluding steroid dienone is 4. The molecule has 0 bridgehead atoms. The highest BCUT2D eigenvalue weighted by molar-refractivity contribution is 6.30. The molecular weight excluding hydrogens is 512 g/mol.